The number of ether oxygens (including phenoxy) is 3. The quantitative estimate of drug-likeness (QED) is 0.0216. The van der Waals surface area contributed by atoms with Crippen molar-refractivity contribution in [1.82, 2.24) is 0 Å². The zero-order valence-electron chi connectivity index (χ0n) is 38.0. The second-order valence-corrected chi connectivity index (χ2v) is 16.7. The van der Waals surface area contributed by atoms with Crippen molar-refractivity contribution in [1.29, 1.82) is 0 Å². The van der Waals surface area contributed by atoms with Crippen LogP contribution in [0.5, 0.6) is 0 Å². The van der Waals surface area contributed by atoms with Crippen molar-refractivity contribution in [2.75, 3.05) is 41.0 Å². The average molecular weight is 815 g/mol. The van der Waals surface area contributed by atoms with E-state index in [1.54, 1.807) is 0 Å². The van der Waals surface area contributed by atoms with Crippen LogP contribution in [0.15, 0.2) is 60.8 Å². The number of allylic oxidation sites excluding steroid dienone is 10. The summed E-state index contributed by atoms with van der Waals surface area (Å²) in [4.78, 5) is 37.0. The Morgan fingerprint density at radius 1 is 0.534 bits per heavy atom. The monoisotopic (exact) mass is 815 g/mol. The van der Waals surface area contributed by atoms with Crippen LogP contribution in [-0.2, 0) is 28.6 Å². The van der Waals surface area contributed by atoms with E-state index in [1.807, 2.05) is 27.2 Å². The van der Waals surface area contributed by atoms with Crippen LogP contribution in [-0.4, -0.2) is 80.6 Å². The van der Waals surface area contributed by atoms with Gasteiger partial charge < -0.3 is 23.8 Å². The number of hydrogen-bond donors (Lipinski definition) is 1. The molecule has 0 bridgehead atoms. The van der Waals surface area contributed by atoms with Gasteiger partial charge in [0, 0.05) is 19.3 Å². The molecule has 0 aromatic rings. The summed E-state index contributed by atoms with van der Waals surface area (Å²) in [5, 5.41) is 9.62. The lowest BCUT2D eigenvalue weighted by Gasteiger charge is -2.31. The summed E-state index contributed by atoms with van der Waals surface area (Å²) in [7, 11) is 5.52. The van der Waals surface area contributed by atoms with Gasteiger partial charge in [0.15, 0.2) is 12.1 Å². The summed E-state index contributed by atoms with van der Waals surface area (Å²) < 4.78 is 17.3. The van der Waals surface area contributed by atoms with E-state index < -0.39 is 18.1 Å². The van der Waals surface area contributed by atoms with Crippen LogP contribution in [0, 0.1) is 0 Å². The maximum Gasteiger partial charge on any atom is 0.362 e. The number of rotatable bonds is 41. The van der Waals surface area contributed by atoms with E-state index in [1.165, 1.54) is 77.0 Å². The minimum Gasteiger partial charge on any atom is -0.477 e. The molecule has 8 nitrogen and oxygen atoms in total. The predicted octanol–water partition coefficient (Wildman–Crippen LogP) is 13.0. The summed E-state index contributed by atoms with van der Waals surface area (Å²) >= 11 is 0. The van der Waals surface area contributed by atoms with Gasteiger partial charge in [-0.05, 0) is 57.8 Å². The number of hydrogen-bond acceptors (Lipinski definition) is 6. The molecule has 0 rings (SSSR count). The fourth-order valence-electron chi connectivity index (χ4n) is 6.66. The molecule has 0 aromatic heterocycles. The van der Waals surface area contributed by atoms with E-state index in [-0.39, 0.29) is 36.2 Å². The van der Waals surface area contributed by atoms with Crippen LogP contribution in [0.2, 0.25) is 0 Å². The first kappa shape index (κ1) is 55.0. The minimum absolute atomic E-state index is 0.0515. The summed E-state index contributed by atoms with van der Waals surface area (Å²) in [6, 6.07) is -0.620. The van der Waals surface area contributed by atoms with E-state index in [0.29, 0.717) is 19.3 Å². The second-order valence-electron chi connectivity index (χ2n) is 16.7. The van der Waals surface area contributed by atoms with Crippen LogP contribution >= 0.6 is 0 Å². The molecule has 0 fully saturated rings. The van der Waals surface area contributed by atoms with Gasteiger partial charge >= 0.3 is 17.9 Å². The molecule has 0 heterocycles. The first-order valence-corrected chi connectivity index (χ1v) is 23.4. The van der Waals surface area contributed by atoms with Crippen molar-refractivity contribution in [3.8, 4) is 0 Å². The van der Waals surface area contributed by atoms with Crippen molar-refractivity contribution in [2.45, 2.75) is 199 Å². The second kappa shape index (κ2) is 40.8. The average Bonchev–Trinajstić information content (AvgIpc) is 3.18. The highest BCUT2D eigenvalue weighted by Crippen LogP contribution is 2.15. The molecule has 2 unspecified atom stereocenters. The highest BCUT2D eigenvalue weighted by Gasteiger charge is 2.31. The van der Waals surface area contributed by atoms with Gasteiger partial charge in [-0.1, -0.05) is 171 Å². The van der Waals surface area contributed by atoms with Crippen molar-refractivity contribution >= 4 is 17.9 Å². The van der Waals surface area contributed by atoms with Crippen LogP contribution in [0.3, 0.4) is 0 Å². The lowest BCUT2D eigenvalue weighted by molar-refractivity contribution is -0.887. The smallest absolute Gasteiger partial charge is 0.362 e. The number of unbranched alkanes of at least 4 members (excludes halogenated alkanes) is 19. The first-order chi connectivity index (χ1) is 28.1. The summed E-state index contributed by atoms with van der Waals surface area (Å²) in [6.45, 7) is 4.48. The number of likely N-dealkylation sites (N-methyl/N-ethyl adjacent to an activating group) is 1. The van der Waals surface area contributed by atoms with E-state index in [2.05, 4.69) is 68.5 Å². The largest absolute Gasteiger partial charge is 0.477 e. The topological polar surface area (TPSA) is 99.1 Å². The number of carboxylic acids is 1. The summed E-state index contributed by atoms with van der Waals surface area (Å²) in [5.74, 6) is -1.50. The number of carbonyl (C=O) groups is 3. The molecule has 58 heavy (non-hydrogen) atoms. The Kier molecular flexibility index (Phi) is 38.7. The van der Waals surface area contributed by atoms with E-state index >= 15 is 0 Å². The number of aliphatic carboxylic acids is 1. The van der Waals surface area contributed by atoms with Gasteiger partial charge in [-0.15, -0.1) is 0 Å². The van der Waals surface area contributed by atoms with E-state index in [4.69, 9.17) is 14.2 Å². The van der Waals surface area contributed by atoms with Crippen LogP contribution in [0.25, 0.3) is 0 Å². The highest BCUT2D eigenvalue weighted by atomic mass is 16.6. The molecule has 8 heteroatoms. The molecule has 0 saturated carbocycles. The zero-order chi connectivity index (χ0) is 42.8. The number of quaternary nitrogens is 1. The third-order valence-electron chi connectivity index (χ3n) is 10.2. The maximum absolute atomic E-state index is 12.7. The molecule has 0 saturated heterocycles. The lowest BCUT2D eigenvalue weighted by Crippen LogP contribution is -2.50. The zero-order valence-corrected chi connectivity index (χ0v) is 38.0. The van der Waals surface area contributed by atoms with Crippen LogP contribution in [0.1, 0.15) is 187 Å². The molecule has 0 aliphatic carbocycles. The lowest BCUT2D eigenvalue weighted by atomic mass is 10.0. The Balaban J connectivity index is 4.24. The number of carbonyl (C=O) groups excluding carboxylic acids is 2. The molecule has 0 radical (unpaired) electrons. The van der Waals surface area contributed by atoms with Crippen molar-refractivity contribution in [3.63, 3.8) is 0 Å². The molecule has 0 spiro atoms. The Hall–Kier alpha value is -2.97. The predicted molar refractivity (Wildman–Crippen MR) is 243 cm³/mol. The molecule has 0 aromatic carbocycles. The van der Waals surface area contributed by atoms with Gasteiger partial charge in [-0.25, -0.2) is 4.79 Å². The fourth-order valence-corrected chi connectivity index (χ4v) is 6.66. The maximum atomic E-state index is 12.7. The highest BCUT2D eigenvalue weighted by molar-refractivity contribution is 5.72. The van der Waals surface area contributed by atoms with Crippen molar-refractivity contribution < 1.29 is 38.2 Å². The van der Waals surface area contributed by atoms with Crippen LogP contribution < -0.4 is 0 Å². The molecule has 0 aliphatic heterocycles. The first-order valence-electron chi connectivity index (χ1n) is 23.4. The SMILES string of the molecule is CC/C=C/C=C/C=C/CCCCCCCC(=O)OC(COCCC(C(=O)O)[N+](C)(C)C)COC(=O)CCCCCCCCCCCCCCCC/C=C/C/C=C/CC. The Morgan fingerprint density at radius 3 is 1.52 bits per heavy atom. The molecular formula is C50H88NO7+. The van der Waals surface area contributed by atoms with Crippen LogP contribution in [0.4, 0.5) is 0 Å². The third kappa shape index (κ3) is 38.5. The molecule has 0 amide bonds. The van der Waals surface area contributed by atoms with Gasteiger partial charge in [0.1, 0.15) is 6.61 Å². The molecule has 1 N–H and O–H groups in total. The Labute approximate surface area is 356 Å². The van der Waals surface area contributed by atoms with Gasteiger partial charge in [0.25, 0.3) is 0 Å². The molecular weight excluding hydrogens is 727 g/mol. The molecule has 0 aliphatic rings. The Bertz CT molecular complexity index is 1130. The van der Waals surface area contributed by atoms with E-state index in [0.717, 1.165) is 77.0 Å². The van der Waals surface area contributed by atoms with Gasteiger partial charge in [-0.3, -0.25) is 9.59 Å². The van der Waals surface area contributed by atoms with Crippen molar-refractivity contribution in [2.24, 2.45) is 0 Å². The Morgan fingerprint density at radius 2 is 1.00 bits per heavy atom. The number of carboxylic acid groups (broad SMARTS) is 1. The van der Waals surface area contributed by atoms with E-state index in [9.17, 15) is 19.5 Å². The molecule has 334 valence electrons. The van der Waals surface area contributed by atoms with Gasteiger partial charge in [-0.2, -0.15) is 0 Å². The minimum atomic E-state index is -0.880. The molecule has 2 atom stereocenters. The number of nitrogens with zero attached hydrogens (tertiary/aromatic N) is 1. The fraction of sp³-hybridized carbons (Fsp3) is 0.740. The normalized spacial score (nSPS) is 13.5. The summed E-state index contributed by atoms with van der Waals surface area (Å²) in [6.07, 6.45) is 49.9. The summed E-state index contributed by atoms with van der Waals surface area (Å²) in [5.41, 5.74) is 0. The standard InChI is InChI=1S/C50H87NO7/c1-6-8-10-12-14-16-18-20-21-22-23-24-25-26-27-29-30-32-34-36-38-40-48(52)57-45-46(44-56-43-42-47(50(54)55)51(3,4)5)58-49(53)41-39-37-35-33-31-28-19-17-15-13-11-9-7-2/h8-11,13-17,19,46-47H,6-7,12,18,20-45H2,1-5H3/p+1/b10-8+,11-9+,15-13+,16-14+,19-17+. The van der Waals surface area contributed by atoms with Gasteiger partial charge in [0.2, 0.25) is 0 Å². The number of esters is 2. The van der Waals surface area contributed by atoms with Gasteiger partial charge in [0.05, 0.1) is 34.4 Å². The van der Waals surface area contributed by atoms with Crippen molar-refractivity contribution in [3.05, 3.63) is 60.8 Å². The third-order valence-corrected chi connectivity index (χ3v) is 10.2.